The number of aliphatic hydroxyl groups is 1. The zero-order chi connectivity index (χ0) is 8.27. The molecule has 0 aromatic heterocycles. The summed E-state index contributed by atoms with van der Waals surface area (Å²) in [4.78, 5) is 2.21. The van der Waals surface area contributed by atoms with Gasteiger partial charge in [0.05, 0.1) is 6.10 Å². The minimum atomic E-state index is -0.333. The lowest BCUT2D eigenvalue weighted by atomic mass is 9.98. The number of hydrogen-bond acceptors (Lipinski definition) is 3. The molecular weight excluding hydrogens is 140 g/mol. The van der Waals surface area contributed by atoms with Crippen molar-refractivity contribution in [3.05, 3.63) is 0 Å². The molecule has 11 heavy (non-hydrogen) atoms. The van der Waals surface area contributed by atoms with Crippen molar-refractivity contribution in [2.24, 2.45) is 5.73 Å². The molecule has 3 N–H and O–H groups in total. The van der Waals surface area contributed by atoms with Crippen LogP contribution in [-0.2, 0) is 0 Å². The maximum Gasteiger partial charge on any atom is 0.0817 e. The molecule has 0 bridgehead atoms. The topological polar surface area (TPSA) is 49.5 Å². The number of likely N-dealkylation sites (tertiary alicyclic amines) is 1. The molecule has 1 saturated heterocycles. The molecule has 2 atom stereocenters. The third-order valence-electron chi connectivity index (χ3n) is 2.51. The molecule has 0 radical (unpaired) electrons. The molecule has 0 aliphatic carbocycles. The highest BCUT2D eigenvalue weighted by atomic mass is 16.3. The summed E-state index contributed by atoms with van der Waals surface area (Å²) in [5.41, 5.74) is 5.39. The lowest BCUT2D eigenvalue weighted by Crippen LogP contribution is -2.47. The Bertz CT molecular complexity index is 115. The molecule has 66 valence electrons. The fourth-order valence-electron chi connectivity index (χ4n) is 1.74. The first kappa shape index (κ1) is 8.97. The van der Waals surface area contributed by atoms with E-state index in [-0.39, 0.29) is 6.10 Å². The van der Waals surface area contributed by atoms with Crippen LogP contribution in [0.5, 0.6) is 0 Å². The van der Waals surface area contributed by atoms with Gasteiger partial charge in [-0.15, -0.1) is 0 Å². The van der Waals surface area contributed by atoms with Gasteiger partial charge in [0.1, 0.15) is 0 Å². The standard InChI is InChI=1S/C8H18N2O/c1-10-5-3-2-4-7(10)8(11)6-9/h7-8,11H,2-6,9H2,1H3/t7?,8-/m1/s1. The first-order valence-corrected chi connectivity index (χ1v) is 4.34. The Morgan fingerprint density at radius 3 is 2.91 bits per heavy atom. The Hall–Kier alpha value is -0.120. The van der Waals surface area contributed by atoms with Crippen LogP contribution in [0.25, 0.3) is 0 Å². The van der Waals surface area contributed by atoms with Crippen molar-refractivity contribution >= 4 is 0 Å². The summed E-state index contributed by atoms with van der Waals surface area (Å²) in [6.45, 7) is 1.48. The molecule has 0 aromatic rings. The van der Waals surface area contributed by atoms with Crippen molar-refractivity contribution in [3.63, 3.8) is 0 Å². The molecule has 3 nitrogen and oxygen atoms in total. The highest BCUT2D eigenvalue weighted by Crippen LogP contribution is 2.17. The second-order valence-corrected chi connectivity index (χ2v) is 3.35. The summed E-state index contributed by atoms with van der Waals surface area (Å²) >= 11 is 0. The van der Waals surface area contributed by atoms with Crippen molar-refractivity contribution in [2.45, 2.75) is 31.4 Å². The summed E-state index contributed by atoms with van der Waals surface area (Å²) in [6, 6.07) is 0.300. The molecule has 1 rings (SSSR count). The molecule has 1 fully saturated rings. The predicted octanol–water partition coefficient (Wildman–Crippen LogP) is -0.210. The largest absolute Gasteiger partial charge is 0.390 e. The normalized spacial score (nSPS) is 30.3. The molecular formula is C8H18N2O. The average molecular weight is 158 g/mol. The van der Waals surface area contributed by atoms with Gasteiger partial charge in [-0.25, -0.2) is 0 Å². The monoisotopic (exact) mass is 158 g/mol. The molecule has 3 heteroatoms. The van der Waals surface area contributed by atoms with Gasteiger partial charge in [0.2, 0.25) is 0 Å². The van der Waals surface area contributed by atoms with E-state index in [1.165, 1.54) is 12.8 Å². The Labute approximate surface area is 68.2 Å². The minimum absolute atomic E-state index is 0.300. The van der Waals surface area contributed by atoms with Crippen molar-refractivity contribution < 1.29 is 5.11 Å². The molecule has 0 spiro atoms. The van der Waals surface area contributed by atoms with E-state index >= 15 is 0 Å². The number of piperidine rings is 1. The summed E-state index contributed by atoms with van der Waals surface area (Å²) in [5, 5.41) is 9.49. The third kappa shape index (κ3) is 2.15. The molecule has 1 aliphatic heterocycles. The van der Waals surface area contributed by atoms with Crippen LogP contribution in [0.15, 0.2) is 0 Å². The zero-order valence-electron chi connectivity index (χ0n) is 7.16. The quantitative estimate of drug-likeness (QED) is 0.584. The Kier molecular flexibility index (Phi) is 3.30. The van der Waals surface area contributed by atoms with Gasteiger partial charge >= 0.3 is 0 Å². The van der Waals surface area contributed by atoms with E-state index < -0.39 is 0 Å². The van der Waals surface area contributed by atoms with Crippen LogP contribution in [-0.4, -0.2) is 42.3 Å². The predicted molar refractivity (Wildman–Crippen MR) is 45.3 cm³/mol. The van der Waals surface area contributed by atoms with Gasteiger partial charge in [0, 0.05) is 12.6 Å². The molecule has 0 aromatic carbocycles. The number of aliphatic hydroxyl groups excluding tert-OH is 1. The molecule has 1 aliphatic rings. The summed E-state index contributed by atoms with van der Waals surface area (Å²) in [6.07, 6.45) is 3.24. The summed E-state index contributed by atoms with van der Waals surface area (Å²) in [7, 11) is 2.06. The number of likely N-dealkylation sites (N-methyl/N-ethyl adjacent to an activating group) is 1. The van der Waals surface area contributed by atoms with Gasteiger partial charge in [0.25, 0.3) is 0 Å². The van der Waals surface area contributed by atoms with E-state index in [0.717, 1.165) is 13.0 Å². The van der Waals surface area contributed by atoms with Crippen LogP contribution >= 0.6 is 0 Å². The smallest absolute Gasteiger partial charge is 0.0817 e. The molecule has 0 amide bonds. The number of nitrogens with two attached hydrogens (primary N) is 1. The van der Waals surface area contributed by atoms with E-state index in [4.69, 9.17) is 5.73 Å². The van der Waals surface area contributed by atoms with Crippen LogP contribution in [0.2, 0.25) is 0 Å². The first-order chi connectivity index (χ1) is 5.25. The summed E-state index contributed by atoms with van der Waals surface area (Å²) in [5.74, 6) is 0. The maximum atomic E-state index is 9.49. The zero-order valence-corrected chi connectivity index (χ0v) is 7.16. The lowest BCUT2D eigenvalue weighted by Gasteiger charge is -2.35. The molecule has 1 heterocycles. The van der Waals surface area contributed by atoms with Crippen LogP contribution in [0, 0.1) is 0 Å². The molecule has 1 unspecified atom stereocenters. The fourth-order valence-corrected chi connectivity index (χ4v) is 1.74. The minimum Gasteiger partial charge on any atom is -0.390 e. The van der Waals surface area contributed by atoms with Gasteiger partial charge < -0.3 is 15.7 Å². The highest BCUT2D eigenvalue weighted by molar-refractivity contribution is 4.81. The van der Waals surface area contributed by atoms with Gasteiger partial charge in [-0.1, -0.05) is 6.42 Å². The van der Waals surface area contributed by atoms with Gasteiger partial charge in [-0.05, 0) is 26.4 Å². The third-order valence-corrected chi connectivity index (χ3v) is 2.51. The van der Waals surface area contributed by atoms with E-state index in [1.807, 2.05) is 0 Å². The lowest BCUT2D eigenvalue weighted by molar-refractivity contribution is 0.0467. The maximum absolute atomic E-state index is 9.49. The summed E-state index contributed by atoms with van der Waals surface area (Å²) < 4.78 is 0. The van der Waals surface area contributed by atoms with Crippen LogP contribution < -0.4 is 5.73 Å². The second kappa shape index (κ2) is 4.04. The Morgan fingerprint density at radius 2 is 2.36 bits per heavy atom. The van der Waals surface area contributed by atoms with E-state index in [1.54, 1.807) is 0 Å². The number of nitrogens with zero attached hydrogens (tertiary/aromatic N) is 1. The van der Waals surface area contributed by atoms with E-state index in [0.29, 0.717) is 12.6 Å². The van der Waals surface area contributed by atoms with E-state index in [2.05, 4.69) is 11.9 Å². The van der Waals surface area contributed by atoms with Crippen molar-refractivity contribution in [1.82, 2.24) is 4.90 Å². The van der Waals surface area contributed by atoms with Crippen molar-refractivity contribution in [3.8, 4) is 0 Å². The van der Waals surface area contributed by atoms with Gasteiger partial charge in [-0.2, -0.15) is 0 Å². The fraction of sp³-hybridized carbons (Fsp3) is 1.00. The molecule has 0 saturated carbocycles. The van der Waals surface area contributed by atoms with Crippen molar-refractivity contribution in [1.29, 1.82) is 0 Å². The number of rotatable bonds is 2. The van der Waals surface area contributed by atoms with Crippen LogP contribution in [0.1, 0.15) is 19.3 Å². The van der Waals surface area contributed by atoms with E-state index in [9.17, 15) is 5.11 Å². The highest BCUT2D eigenvalue weighted by Gasteiger charge is 2.24. The van der Waals surface area contributed by atoms with Gasteiger partial charge in [-0.3, -0.25) is 0 Å². The number of hydrogen-bond donors (Lipinski definition) is 2. The Balaban J connectivity index is 2.40. The Morgan fingerprint density at radius 1 is 1.64 bits per heavy atom. The van der Waals surface area contributed by atoms with Gasteiger partial charge in [0.15, 0.2) is 0 Å². The average Bonchev–Trinajstić information content (AvgIpc) is 2.04. The van der Waals surface area contributed by atoms with Crippen LogP contribution in [0.4, 0.5) is 0 Å². The SMILES string of the molecule is CN1CCCCC1[C@H](O)CN. The van der Waals surface area contributed by atoms with Crippen molar-refractivity contribution in [2.75, 3.05) is 20.1 Å². The van der Waals surface area contributed by atoms with Crippen LogP contribution in [0.3, 0.4) is 0 Å². The second-order valence-electron chi connectivity index (χ2n) is 3.35. The first-order valence-electron chi connectivity index (χ1n) is 4.34.